The van der Waals surface area contributed by atoms with Crippen LogP contribution in [0.1, 0.15) is 42.0 Å². The first kappa shape index (κ1) is 14.6. The summed E-state index contributed by atoms with van der Waals surface area (Å²) in [7, 11) is 0. The molecule has 1 aliphatic rings. The molecule has 1 aliphatic carbocycles. The fraction of sp³-hybridized carbons (Fsp3) is 0.333. The van der Waals surface area contributed by atoms with Crippen LogP contribution in [0.15, 0.2) is 42.5 Å². The molecule has 0 spiro atoms. The van der Waals surface area contributed by atoms with Crippen LogP contribution in [-0.2, 0) is 6.42 Å². The molecule has 0 fully saturated rings. The Kier molecular flexibility index (Phi) is 4.27. The average Bonchev–Trinajstić information content (AvgIpc) is 2.47. The number of hydrogen-bond donors (Lipinski definition) is 1. The lowest BCUT2D eigenvalue weighted by Gasteiger charge is -2.33. The van der Waals surface area contributed by atoms with Crippen LogP contribution in [0.5, 0.6) is 0 Å². The van der Waals surface area contributed by atoms with E-state index in [1.54, 1.807) is 6.07 Å². The molecule has 110 valence electrons. The van der Waals surface area contributed by atoms with Gasteiger partial charge in [-0.3, -0.25) is 0 Å². The van der Waals surface area contributed by atoms with Crippen LogP contribution in [-0.4, -0.2) is 6.54 Å². The maximum Gasteiger partial charge on any atom is 0.142 e. The van der Waals surface area contributed by atoms with Crippen LogP contribution in [0.4, 0.5) is 4.39 Å². The maximum atomic E-state index is 13.7. The highest BCUT2D eigenvalue weighted by Gasteiger charge is 2.29. The topological polar surface area (TPSA) is 12.0 Å². The number of fused-ring (bicyclic) bond motifs is 1. The largest absolute Gasteiger partial charge is 0.310 e. The monoisotopic (exact) mass is 303 g/mol. The third-order valence-electron chi connectivity index (χ3n) is 4.29. The van der Waals surface area contributed by atoms with Crippen LogP contribution in [0.3, 0.4) is 0 Å². The van der Waals surface area contributed by atoms with Crippen molar-refractivity contribution in [2.45, 2.75) is 31.7 Å². The molecule has 0 aromatic heterocycles. The summed E-state index contributed by atoms with van der Waals surface area (Å²) in [5, 5.41) is 3.69. The summed E-state index contributed by atoms with van der Waals surface area (Å²) >= 11 is 6.15. The van der Waals surface area contributed by atoms with Gasteiger partial charge in [-0.2, -0.15) is 0 Å². The van der Waals surface area contributed by atoms with Crippen molar-refractivity contribution < 1.29 is 4.39 Å². The zero-order valence-corrected chi connectivity index (χ0v) is 12.8. The molecule has 0 aliphatic heterocycles. The predicted molar refractivity (Wildman–Crippen MR) is 85.3 cm³/mol. The van der Waals surface area contributed by atoms with E-state index in [0.29, 0.717) is 5.92 Å². The lowest BCUT2D eigenvalue weighted by Crippen LogP contribution is -2.27. The first-order valence-corrected chi connectivity index (χ1v) is 7.83. The zero-order valence-electron chi connectivity index (χ0n) is 12.1. The van der Waals surface area contributed by atoms with Gasteiger partial charge in [0.1, 0.15) is 5.82 Å². The Morgan fingerprint density at radius 1 is 1.24 bits per heavy atom. The van der Waals surface area contributed by atoms with Crippen LogP contribution < -0.4 is 5.32 Å². The molecular weight excluding hydrogens is 285 g/mol. The van der Waals surface area contributed by atoms with E-state index in [1.165, 1.54) is 17.2 Å². The van der Waals surface area contributed by atoms with Gasteiger partial charge < -0.3 is 5.32 Å². The number of nitrogens with one attached hydrogen (secondary N) is 1. The van der Waals surface area contributed by atoms with E-state index in [9.17, 15) is 4.39 Å². The Labute approximate surface area is 130 Å². The summed E-state index contributed by atoms with van der Waals surface area (Å²) in [5.74, 6) is 0.190. The zero-order chi connectivity index (χ0) is 14.8. The van der Waals surface area contributed by atoms with E-state index in [1.807, 2.05) is 6.07 Å². The minimum Gasteiger partial charge on any atom is -0.310 e. The molecule has 2 atom stereocenters. The molecule has 21 heavy (non-hydrogen) atoms. The maximum absolute atomic E-state index is 13.7. The van der Waals surface area contributed by atoms with Crippen molar-refractivity contribution >= 4 is 11.6 Å². The number of halogens is 2. The third-order valence-corrected chi connectivity index (χ3v) is 4.69. The highest BCUT2D eigenvalue weighted by Crippen LogP contribution is 2.41. The van der Waals surface area contributed by atoms with Crippen LogP contribution in [0.25, 0.3) is 0 Å². The molecule has 1 N–H and O–H groups in total. The summed E-state index contributed by atoms with van der Waals surface area (Å²) in [4.78, 5) is 0. The summed E-state index contributed by atoms with van der Waals surface area (Å²) in [5.41, 5.74) is 3.72. The summed E-state index contributed by atoms with van der Waals surface area (Å²) in [6, 6.07) is 13.7. The molecule has 0 amide bonds. The second-order valence-corrected chi connectivity index (χ2v) is 5.97. The molecular formula is C18H19ClFN. The molecule has 0 saturated carbocycles. The molecule has 2 unspecified atom stereocenters. The van der Waals surface area contributed by atoms with Gasteiger partial charge in [0.25, 0.3) is 0 Å². The number of benzene rings is 2. The van der Waals surface area contributed by atoms with E-state index in [2.05, 4.69) is 36.5 Å². The number of hydrogen-bond acceptors (Lipinski definition) is 1. The number of rotatable bonds is 5. The Balaban J connectivity index is 1.82. The molecule has 0 bridgehead atoms. The highest BCUT2D eigenvalue weighted by atomic mass is 35.5. The average molecular weight is 304 g/mol. The van der Waals surface area contributed by atoms with Crippen molar-refractivity contribution in [3.8, 4) is 0 Å². The standard InChI is InChI=1S/C18H19ClFN/c1-2-21-17(15-8-5-9-16(20)18(15)19)11-13-10-12-6-3-4-7-14(12)13/h3-9,13,17,21H,2,10-11H2,1H3. The van der Waals surface area contributed by atoms with E-state index in [0.717, 1.165) is 24.9 Å². The van der Waals surface area contributed by atoms with E-state index >= 15 is 0 Å². The van der Waals surface area contributed by atoms with Gasteiger partial charge in [-0.05, 0) is 48.1 Å². The summed E-state index contributed by atoms with van der Waals surface area (Å²) in [6.07, 6.45) is 2.05. The first-order chi connectivity index (χ1) is 10.2. The fourth-order valence-corrected chi connectivity index (χ4v) is 3.47. The summed E-state index contributed by atoms with van der Waals surface area (Å²) in [6.45, 7) is 2.90. The molecule has 2 aromatic rings. The normalized spacial score (nSPS) is 18.0. The Morgan fingerprint density at radius 2 is 2.05 bits per heavy atom. The van der Waals surface area contributed by atoms with Crippen molar-refractivity contribution in [2.24, 2.45) is 0 Å². The van der Waals surface area contributed by atoms with Gasteiger partial charge in [0.15, 0.2) is 0 Å². The van der Waals surface area contributed by atoms with Crippen molar-refractivity contribution in [3.05, 3.63) is 70.0 Å². The highest BCUT2D eigenvalue weighted by molar-refractivity contribution is 6.31. The van der Waals surface area contributed by atoms with Crippen molar-refractivity contribution in [1.29, 1.82) is 0 Å². The molecule has 3 rings (SSSR count). The van der Waals surface area contributed by atoms with Crippen LogP contribution >= 0.6 is 11.6 Å². The molecule has 0 radical (unpaired) electrons. The quantitative estimate of drug-likeness (QED) is 0.832. The molecule has 2 aromatic carbocycles. The van der Waals surface area contributed by atoms with Gasteiger partial charge in [0.05, 0.1) is 5.02 Å². The summed E-state index contributed by atoms with van der Waals surface area (Å²) < 4.78 is 13.7. The molecule has 0 heterocycles. The lowest BCUT2D eigenvalue weighted by molar-refractivity contribution is 0.434. The Hall–Kier alpha value is -1.38. The van der Waals surface area contributed by atoms with Crippen LogP contribution in [0, 0.1) is 5.82 Å². The van der Waals surface area contributed by atoms with Crippen molar-refractivity contribution in [3.63, 3.8) is 0 Å². The minimum atomic E-state index is -0.342. The lowest BCUT2D eigenvalue weighted by atomic mass is 9.74. The van der Waals surface area contributed by atoms with Gasteiger partial charge in [-0.1, -0.05) is 54.9 Å². The third kappa shape index (κ3) is 2.83. The van der Waals surface area contributed by atoms with Gasteiger partial charge >= 0.3 is 0 Å². The van der Waals surface area contributed by atoms with Gasteiger partial charge in [0.2, 0.25) is 0 Å². The SMILES string of the molecule is CCNC(CC1Cc2ccccc21)c1cccc(F)c1Cl. The Bertz CT molecular complexity index is 641. The smallest absolute Gasteiger partial charge is 0.142 e. The van der Waals surface area contributed by atoms with Gasteiger partial charge in [-0.25, -0.2) is 4.39 Å². The van der Waals surface area contributed by atoms with E-state index in [-0.39, 0.29) is 16.9 Å². The fourth-order valence-electron chi connectivity index (χ4n) is 3.21. The first-order valence-electron chi connectivity index (χ1n) is 7.45. The molecule has 3 heteroatoms. The van der Waals surface area contributed by atoms with Crippen molar-refractivity contribution in [2.75, 3.05) is 6.54 Å². The molecule has 1 nitrogen and oxygen atoms in total. The van der Waals surface area contributed by atoms with Crippen molar-refractivity contribution in [1.82, 2.24) is 5.32 Å². The van der Waals surface area contributed by atoms with Gasteiger partial charge in [0, 0.05) is 6.04 Å². The van der Waals surface area contributed by atoms with E-state index in [4.69, 9.17) is 11.6 Å². The molecule has 0 saturated heterocycles. The van der Waals surface area contributed by atoms with Gasteiger partial charge in [-0.15, -0.1) is 0 Å². The predicted octanol–water partition coefficient (Wildman–Crippen LogP) is 4.86. The second kappa shape index (κ2) is 6.17. The van der Waals surface area contributed by atoms with Crippen LogP contribution in [0.2, 0.25) is 5.02 Å². The Morgan fingerprint density at radius 3 is 2.81 bits per heavy atom. The second-order valence-electron chi connectivity index (χ2n) is 5.59. The minimum absolute atomic E-state index is 0.0940. The van der Waals surface area contributed by atoms with E-state index < -0.39 is 0 Å².